The number of para-hydroxylation sites is 1. The standard InChI is InChI=1S/C29H27N5O2/c30-28(35)22-8-3-6-20(13-22)21-7-4-9-23(14-21)32-29(36)34-18-25-15-26(34)17-33(25)16-24-12-11-19-5-1-2-10-27(19)31-24/h1-14,25-26H,15-18H2,(H2,30,35)(H,32,36)/t25-,26-/m0/s1. The van der Waals surface area contributed by atoms with Gasteiger partial charge in [-0.25, -0.2) is 4.79 Å². The van der Waals surface area contributed by atoms with Crippen molar-refractivity contribution in [2.24, 2.45) is 5.73 Å². The molecule has 3 amide bonds. The summed E-state index contributed by atoms with van der Waals surface area (Å²) in [7, 11) is 0. The maximum Gasteiger partial charge on any atom is 0.322 e. The van der Waals surface area contributed by atoms with Crippen molar-refractivity contribution in [1.29, 1.82) is 0 Å². The highest BCUT2D eigenvalue weighted by Gasteiger charge is 2.45. The van der Waals surface area contributed by atoms with E-state index in [2.05, 4.69) is 28.4 Å². The highest BCUT2D eigenvalue weighted by Crippen LogP contribution is 2.33. The Balaban J connectivity index is 1.10. The fourth-order valence-electron chi connectivity index (χ4n) is 5.42. The number of aromatic nitrogens is 1. The molecular formula is C29H27N5O2. The number of nitrogens with one attached hydrogen (secondary N) is 1. The van der Waals surface area contributed by atoms with Crippen LogP contribution in [0.4, 0.5) is 10.5 Å². The lowest BCUT2D eigenvalue weighted by molar-refractivity contribution is 0.1000. The van der Waals surface area contributed by atoms with E-state index in [1.807, 2.05) is 53.4 Å². The zero-order valence-electron chi connectivity index (χ0n) is 19.8. The van der Waals surface area contributed by atoms with Crippen LogP contribution in [0, 0.1) is 0 Å². The summed E-state index contributed by atoms with van der Waals surface area (Å²) >= 11 is 0. The second kappa shape index (κ2) is 9.09. The minimum atomic E-state index is -0.462. The van der Waals surface area contributed by atoms with E-state index in [0.29, 0.717) is 18.2 Å². The SMILES string of the molecule is NC(=O)c1cccc(-c2cccc(NC(=O)N3C[C@@H]4C[C@H]3CN4Cc3ccc4ccccc4n3)c2)c1. The summed E-state index contributed by atoms with van der Waals surface area (Å²) in [5, 5.41) is 4.22. The summed E-state index contributed by atoms with van der Waals surface area (Å²) in [4.78, 5) is 33.9. The van der Waals surface area contributed by atoms with Crippen LogP contribution in [0.2, 0.25) is 0 Å². The molecule has 2 saturated heterocycles. The summed E-state index contributed by atoms with van der Waals surface area (Å²) < 4.78 is 0. The molecule has 2 atom stereocenters. The molecule has 2 aliphatic rings. The number of anilines is 1. The number of carbonyl (C=O) groups is 2. The lowest BCUT2D eigenvalue weighted by Gasteiger charge is -2.34. The average Bonchev–Trinajstić information content (AvgIpc) is 3.50. The van der Waals surface area contributed by atoms with E-state index < -0.39 is 5.91 Å². The summed E-state index contributed by atoms with van der Waals surface area (Å²) in [6, 6.07) is 27.7. The number of primary amides is 1. The molecule has 1 aromatic heterocycles. The van der Waals surface area contributed by atoms with Gasteiger partial charge in [0, 0.05) is 48.4 Å². The second-order valence-electron chi connectivity index (χ2n) is 9.58. The Hall–Kier alpha value is -4.23. The van der Waals surface area contributed by atoms with E-state index in [4.69, 9.17) is 10.7 Å². The molecule has 180 valence electrons. The van der Waals surface area contributed by atoms with Crippen molar-refractivity contribution in [2.75, 3.05) is 18.4 Å². The molecule has 36 heavy (non-hydrogen) atoms. The zero-order chi connectivity index (χ0) is 24.6. The third kappa shape index (κ3) is 4.29. The van der Waals surface area contributed by atoms with Crippen LogP contribution >= 0.6 is 0 Å². The molecular weight excluding hydrogens is 450 g/mol. The molecule has 7 nitrogen and oxygen atoms in total. The number of carbonyl (C=O) groups excluding carboxylic acids is 2. The Bertz CT molecular complexity index is 1470. The van der Waals surface area contributed by atoms with Gasteiger partial charge in [-0.2, -0.15) is 0 Å². The molecule has 0 radical (unpaired) electrons. The number of urea groups is 1. The van der Waals surface area contributed by atoms with Crippen molar-refractivity contribution in [3.8, 4) is 11.1 Å². The van der Waals surface area contributed by atoms with Crippen molar-refractivity contribution >= 4 is 28.5 Å². The molecule has 2 fully saturated rings. The van der Waals surface area contributed by atoms with E-state index in [1.54, 1.807) is 18.2 Å². The number of fused-ring (bicyclic) bond motifs is 3. The molecule has 3 N–H and O–H groups in total. The van der Waals surface area contributed by atoms with Crippen LogP contribution in [0.15, 0.2) is 84.9 Å². The van der Waals surface area contributed by atoms with E-state index in [9.17, 15) is 9.59 Å². The van der Waals surface area contributed by atoms with Crippen LogP contribution in [0.5, 0.6) is 0 Å². The quantitative estimate of drug-likeness (QED) is 0.443. The van der Waals surface area contributed by atoms with Gasteiger partial charge in [0.2, 0.25) is 5.91 Å². The summed E-state index contributed by atoms with van der Waals surface area (Å²) in [6.07, 6.45) is 0.987. The molecule has 7 heteroatoms. The van der Waals surface area contributed by atoms with Gasteiger partial charge in [-0.05, 0) is 53.9 Å². The fraction of sp³-hybridized carbons (Fsp3) is 0.207. The van der Waals surface area contributed by atoms with Gasteiger partial charge in [-0.3, -0.25) is 14.7 Å². The van der Waals surface area contributed by atoms with Gasteiger partial charge in [-0.1, -0.05) is 48.5 Å². The minimum Gasteiger partial charge on any atom is -0.366 e. The number of likely N-dealkylation sites (tertiary alicyclic amines) is 2. The molecule has 3 aromatic carbocycles. The van der Waals surface area contributed by atoms with Crippen molar-refractivity contribution in [2.45, 2.75) is 25.0 Å². The van der Waals surface area contributed by atoms with Gasteiger partial charge >= 0.3 is 6.03 Å². The lowest BCUT2D eigenvalue weighted by Crippen LogP contribution is -2.49. The van der Waals surface area contributed by atoms with Crippen molar-refractivity contribution in [3.63, 3.8) is 0 Å². The first-order chi connectivity index (χ1) is 17.5. The van der Waals surface area contributed by atoms with Gasteiger partial charge < -0.3 is 16.0 Å². The number of amides is 3. The first-order valence-electron chi connectivity index (χ1n) is 12.2. The van der Waals surface area contributed by atoms with Crippen LogP contribution in [-0.2, 0) is 6.54 Å². The number of nitrogens with zero attached hydrogens (tertiary/aromatic N) is 3. The van der Waals surface area contributed by atoms with Crippen LogP contribution in [0.1, 0.15) is 22.5 Å². The third-order valence-corrected chi connectivity index (χ3v) is 7.23. The molecule has 2 aliphatic heterocycles. The molecule has 6 rings (SSSR count). The van der Waals surface area contributed by atoms with Crippen LogP contribution in [-0.4, -0.2) is 51.9 Å². The van der Waals surface area contributed by atoms with Gasteiger partial charge in [0.25, 0.3) is 0 Å². The maximum absolute atomic E-state index is 13.1. The number of benzene rings is 3. The number of hydrogen-bond acceptors (Lipinski definition) is 4. The summed E-state index contributed by atoms with van der Waals surface area (Å²) in [5.74, 6) is -0.462. The fourth-order valence-corrected chi connectivity index (χ4v) is 5.42. The van der Waals surface area contributed by atoms with Crippen molar-refractivity contribution in [1.82, 2.24) is 14.8 Å². The van der Waals surface area contributed by atoms with E-state index >= 15 is 0 Å². The molecule has 0 unspecified atom stereocenters. The van der Waals surface area contributed by atoms with Gasteiger partial charge in [0.05, 0.1) is 11.2 Å². The lowest BCUT2D eigenvalue weighted by atomic mass is 10.0. The summed E-state index contributed by atoms with van der Waals surface area (Å²) in [6.45, 7) is 2.37. The molecule has 4 aromatic rings. The maximum atomic E-state index is 13.1. The van der Waals surface area contributed by atoms with E-state index in [1.165, 1.54) is 0 Å². The Morgan fingerprint density at radius 2 is 1.69 bits per heavy atom. The number of nitrogens with two attached hydrogens (primary N) is 1. The predicted octanol–water partition coefficient (Wildman–Crippen LogP) is 4.49. The molecule has 0 aliphatic carbocycles. The van der Waals surface area contributed by atoms with Gasteiger partial charge in [0.1, 0.15) is 0 Å². The monoisotopic (exact) mass is 477 g/mol. The highest BCUT2D eigenvalue weighted by atomic mass is 16.2. The Labute approximate surface area is 209 Å². The Morgan fingerprint density at radius 3 is 2.50 bits per heavy atom. The van der Waals surface area contributed by atoms with Gasteiger partial charge in [0.15, 0.2) is 0 Å². The second-order valence-corrected chi connectivity index (χ2v) is 9.58. The summed E-state index contributed by atoms with van der Waals surface area (Å²) in [5.41, 5.74) is 10.5. The van der Waals surface area contributed by atoms with Crippen LogP contribution in [0.3, 0.4) is 0 Å². The van der Waals surface area contributed by atoms with Crippen LogP contribution in [0.25, 0.3) is 22.0 Å². The first kappa shape index (κ1) is 22.2. The number of hydrogen-bond donors (Lipinski definition) is 2. The first-order valence-corrected chi connectivity index (χ1v) is 12.2. The topological polar surface area (TPSA) is 91.6 Å². The third-order valence-electron chi connectivity index (χ3n) is 7.23. The molecule has 0 spiro atoms. The molecule has 2 bridgehead atoms. The molecule has 0 saturated carbocycles. The smallest absolute Gasteiger partial charge is 0.322 e. The number of piperazine rings is 1. The largest absolute Gasteiger partial charge is 0.366 e. The Morgan fingerprint density at radius 1 is 0.889 bits per heavy atom. The normalized spacial score (nSPS) is 19.1. The average molecular weight is 478 g/mol. The highest BCUT2D eigenvalue weighted by molar-refractivity contribution is 5.94. The zero-order valence-corrected chi connectivity index (χ0v) is 19.8. The van der Waals surface area contributed by atoms with E-state index in [0.717, 1.165) is 52.9 Å². The van der Waals surface area contributed by atoms with Crippen LogP contribution < -0.4 is 11.1 Å². The number of rotatable bonds is 5. The minimum absolute atomic E-state index is 0.0750. The Kier molecular flexibility index (Phi) is 5.62. The van der Waals surface area contributed by atoms with Gasteiger partial charge in [-0.15, -0.1) is 0 Å². The van der Waals surface area contributed by atoms with E-state index in [-0.39, 0.29) is 12.1 Å². The van der Waals surface area contributed by atoms with Crippen molar-refractivity contribution in [3.05, 3.63) is 96.2 Å². The predicted molar refractivity (Wildman–Crippen MR) is 140 cm³/mol. The molecule has 3 heterocycles. The number of pyridine rings is 1. The van der Waals surface area contributed by atoms with Crippen molar-refractivity contribution < 1.29 is 9.59 Å².